The molecule has 0 saturated heterocycles. The van der Waals surface area contributed by atoms with Crippen LogP contribution >= 0.6 is 0 Å². The van der Waals surface area contributed by atoms with E-state index in [0.29, 0.717) is 19.3 Å². The first kappa shape index (κ1) is 32.2. The Labute approximate surface area is 193 Å². The molecule has 1 unspecified atom stereocenters. The predicted molar refractivity (Wildman–Crippen MR) is 121 cm³/mol. The van der Waals surface area contributed by atoms with Gasteiger partial charge in [-0.15, -0.1) is 0 Å². The molecule has 188 valence electrons. The van der Waals surface area contributed by atoms with Crippen molar-refractivity contribution in [3.05, 3.63) is 35.4 Å². The molecule has 33 heavy (non-hydrogen) atoms. The second-order valence-electron chi connectivity index (χ2n) is 7.34. The smallest absolute Gasteiger partial charge is 0.335 e. The van der Waals surface area contributed by atoms with Crippen LogP contribution in [-0.2, 0) is 9.59 Å². The second-order valence-corrected chi connectivity index (χ2v) is 7.34. The van der Waals surface area contributed by atoms with Crippen molar-refractivity contribution >= 4 is 23.9 Å². The summed E-state index contributed by atoms with van der Waals surface area (Å²) in [6.07, 6.45) is 5.25. The molecule has 1 aromatic carbocycles. The van der Waals surface area contributed by atoms with Crippen LogP contribution in [0.5, 0.6) is 0 Å². The average molecular weight is 473 g/mol. The van der Waals surface area contributed by atoms with Crippen LogP contribution in [0.15, 0.2) is 24.3 Å². The fourth-order valence-corrected chi connectivity index (χ4v) is 2.53. The fourth-order valence-electron chi connectivity index (χ4n) is 2.53. The molecule has 0 radical (unpaired) electrons. The van der Waals surface area contributed by atoms with Crippen molar-refractivity contribution in [3.63, 3.8) is 0 Å². The lowest BCUT2D eigenvalue weighted by atomic mass is 9.91. The fraction of sp³-hybridized carbons (Fsp3) is 0.565. The monoisotopic (exact) mass is 472 g/mol. The number of carbonyl (C=O) groups is 4. The number of carboxylic acid groups (broad SMARTS) is 4. The molecule has 0 spiro atoms. The summed E-state index contributed by atoms with van der Waals surface area (Å²) in [6.45, 7) is 4.16. The molecule has 1 rings (SSSR count). The third-order valence-electron chi connectivity index (χ3n) is 4.62. The molecule has 0 heterocycles. The Morgan fingerprint density at radius 3 is 1.55 bits per heavy atom. The highest BCUT2D eigenvalue weighted by molar-refractivity contribution is 5.93. The molecule has 1 aromatic rings. The van der Waals surface area contributed by atoms with Gasteiger partial charge in [0.1, 0.15) is 0 Å². The number of hydrogen-bond donors (Lipinski definition) is 6. The van der Waals surface area contributed by atoms with Crippen LogP contribution in [0.3, 0.4) is 0 Å². The first-order valence-corrected chi connectivity index (χ1v) is 10.8. The molecular formula is C23H36O10. The Morgan fingerprint density at radius 1 is 0.788 bits per heavy atom. The summed E-state index contributed by atoms with van der Waals surface area (Å²) in [7, 11) is 0. The lowest BCUT2D eigenvalue weighted by Crippen LogP contribution is -2.28. The number of carboxylic acids is 4. The summed E-state index contributed by atoms with van der Waals surface area (Å²) in [6, 6.07) is 5.20. The van der Waals surface area contributed by atoms with Gasteiger partial charge >= 0.3 is 23.9 Å². The Hall–Kier alpha value is -2.98. The number of aliphatic hydroxyl groups excluding tert-OH is 1. The van der Waals surface area contributed by atoms with Gasteiger partial charge in [-0.05, 0) is 50.3 Å². The van der Waals surface area contributed by atoms with Crippen LogP contribution in [-0.4, -0.2) is 66.7 Å². The van der Waals surface area contributed by atoms with Gasteiger partial charge in [-0.25, -0.2) is 9.59 Å². The zero-order chi connectivity index (χ0) is 25.9. The highest BCUT2D eigenvalue weighted by Crippen LogP contribution is 2.21. The molecule has 6 N–H and O–H groups in total. The van der Waals surface area contributed by atoms with Gasteiger partial charge in [-0.1, -0.05) is 32.8 Å². The third-order valence-corrected chi connectivity index (χ3v) is 4.62. The molecule has 10 heteroatoms. The molecule has 0 saturated carbocycles. The molecule has 0 aliphatic carbocycles. The number of aromatic carboxylic acids is 2. The third kappa shape index (κ3) is 18.3. The van der Waals surface area contributed by atoms with Crippen LogP contribution in [0.4, 0.5) is 0 Å². The Balaban J connectivity index is 0. The van der Waals surface area contributed by atoms with Gasteiger partial charge in [0.15, 0.2) is 0 Å². The van der Waals surface area contributed by atoms with Gasteiger partial charge in [0.25, 0.3) is 0 Å². The first-order chi connectivity index (χ1) is 15.4. The molecule has 10 nitrogen and oxygen atoms in total. The predicted octanol–water partition coefficient (Wildman–Crippen LogP) is 3.50. The van der Waals surface area contributed by atoms with E-state index < -0.39 is 29.5 Å². The summed E-state index contributed by atoms with van der Waals surface area (Å²) in [5.74, 6) is -3.99. The minimum Gasteiger partial charge on any atom is -0.481 e. The normalized spacial score (nSPS) is 11.6. The molecule has 0 fully saturated rings. The maximum Gasteiger partial charge on any atom is 0.335 e. The minimum atomic E-state index is -1.13. The summed E-state index contributed by atoms with van der Waals surface area (Å²) in [5, 5.41) is 51.7. The maximum absolute atomic E-state index is 10.4. The summed E-state index contributed by atoms with van der Waals surface area (Å²) < 4.78 is 0. The molecular weight excluding hydrogens is 436 g/mol. The van der Waals surface area contributed by atoms with Gasteiger partial charge in [-0.2, -0.15) is 0 Å². The van der Waals surface area contributed by atoms with E-state index in [1.54, 1.807) is 0 Å². The van der Waals surface area contributed by atoms with Gasteiger partial charge in [-0.3, -0.25) is 9.59 Å². The van der Waals surface area contributed by atoms with E-state index in [9.17, 15) is 24.3 Å². The van der Waals surface area contributed by atoms with Crippen LogP contribution in [0.2, 0.25) is 0 Å². The van der Waals surface area contributed by atoms with E-state index in [1.807, 2.05) is 6.92 Å². The minimum absolute atomic E-state index is 0.0186. The second kappa shape index (κ2) is 18.6. The van der Waals surface area contributed by atoms with Crippen molar-refractivity contribution in [2.45, 2.75) is 77.2 Å². The quantitative estimate of drug-likeness (QED) is 0.232. The number of aliphatic hydroxyl groups is 2. The molecule has 0 aliphatic rings. The van der Waals surface area contributed by atoms with Crippen LogP contribution in [0.1, 0.15) is 92.4 Å². The highest BCUT2D eigenvalue weighted by Gasteiger charge is 2.22. The lowest BCUT2D eigenvalue weighted by Gasteiger charge is -2.25. The van der Waals surface area contributed by atoms with Crippen molar-refractivity contribution in [1.29, 1.82) is 0 Å². The first-order valence-electron chi connectivity index (χ1n) is 10.8. The largest absolute Gasteiger partial charge is 0.481 e. The lowest BCUT2D eigenvalue weighted by molar-refractivity contribution is -0.139. The van der Waals surface area contributed by atoms with E-state index in [0.717, 1.165) is 31.7 Å². The molecule has 1 atom stereocenters. The van der Waals surface area contributed by atoms with Gasteiger partial charge < -0.3 is 30.6 Å². The summed E-state index contributed by atoms with van der Waals surface area (Å²) in [4.78, 5) is 40.6. The van der Waals surface area contributed by atoms with Crippen molar-refractivity contribution in [3.8, 4) is 0 Å². The van der Waals surface area contributed by atoms with Crippen molar-refractivity contribution < 1.29 is 49.8 Å². The van der Waals surface area contributed by atoms with Crippen LogP contribution < -0.4 is 0 Å². The zero-order valence-electron chi connectivity index (χ0n) is 19.2. The molecule has 0 bridgehead atoms. The van der Waals surface area contributed by atoms with Gasteiger partial charge in [0.2, 0.25) is 0 Å². The van der Waals surface area contributed by atoms with Crippen molar-refractivity contribution in [2.75, 3.05) is 6.61 Å². The number of hydrogen-bond acceptors (Lipinski definition) is 6. The van der Waals surface area contributed by atoms with Gasteiger partial charge in [0.05, 0.1) is 16.7 Å². The number of rotatable bonds is 13. The molecule has 0 aromatic heterocycles. The zero-order valence-corrected chi connectivity index (χ0v) is 19.2. The topological polar surface area (TPSA) is 190 Å². The van der Waals surface area contributed by atoms with Gasteiger partial charge in [0, 0.05) is 19.4 Å². The summed E-state index contributed by atoms with van der Waals surface area (Å²) in [5.41, 5.74) is -0.644. The van der Waals surface area contributed by atoms with Crippen LogP contribution in [0, 0.1) is 0 Å². The Kier molecular flexibility index (Phi) is 18.1. The van der Waals surface area contributed by atoms with E-state index in [2.05, 4.69) is 6.92 Å². The van der Waals surface area contributed by atoms with Crippen molar-refractivity contribution in [1.82, 2.24) is 0 Å². The van der Waals surface area contributed by atoms with E-state index in [4.69, 9.17) is 25.5 Å². The summed E-state index contributed by atoms with van der Waals surface area (Å²) >= 11 is 0. The Bertz CT molecular complexity index is 686. The molecule has 0 aliphatic heterocycles. The van der Waals surface area contributed by atoms with E-state index >= 15 is 0 Å². The van der Waals surface area contributed by atoms with Crippen LogP contribution in [0.25, 0.3) is 0 Å². The standard InChI is InChI=1S/C9H20O2.C8H6O4.C6H10O4/c1-3-5-6-9(11,4-2)7-8-10;9-7(10)5-2-1-3-6(4-5)8(11)12;7-5(8)3-1-2-4-6(9)10/h10-11H,3-8H2,1-2H3;1-4H,(H,9,10)(H,11,12);1-4H2,(H,7,8)(H,9,10). The number of benzene rings is 1. The van der Waals surface area contributed by atoms with E-state index in [1.165, 1.54) is 18.2 Å². The number of unbranched alkanes of at least 4 members (excludes halogenated alkanes) is 2. The SMILES string of the molecule is CCCCC(O)(CC)CCO.O=C(O)CCCCC(=O)O.O=C(O)c1cccc(C(=O)O)c1. The average Bonchev–Trinajstić information content (AvgIpc) is 2.76. The number of aliphatic carboxylic acids is 2. The highest BCUT2D eigenvalue weighted by atomic mass is 16.4. The molecule has 0 amide bonds. The maximum atomic E-state index is 10.4. The van der Waals surface area contributed by atoms with Crippen molar-refractivity contribution in [2.24, 2.45) is 0 Å². The Morgan fingerprint density at radius 2 is 1.24 bits per heavy atom. The van der Waals surface area contributed by atoms with E-state index in [-0.39, 0.29) is 30.6 Å².